The second-order valence-electron chi connectivity index (χ2n) is 12.1. The van der Waals surface area contributed by atoms with Crippen molar-refractivity contribution in [2.24, 2.45) is 0 Å². The third-order valence-electron chi connectivity index (χ3n) is 8.23. The SMILES string of the molecule is CCOC(OCC)c1ccc(C2=C(c3ccc(C(OCC)OCC)s3)SC(=C3SC(c4ccc(C(OCC)OCC)s4)=C(c4ccc(C(OCC)OCC)s4)S3)S2)s1. The number of hydrogen-bond donors (Lipinski definition) is 0. The summed E-state index contributed by atoms with van der Waals surface area (Å²) >= 11 is 14.3. The molecule has 0 N–H and O–H groups in total. The van der Waals surface area contributed by atoms with Crippen molar-refractivity contribution in [1.29, 1.82) is 0 Å². The standard InChI is InChI=1S/C42H52O8S8/c1-9-43-37(44-10-2)29-21-17-25(51-29)33-34(26-18-22-30(52-26)38(45-11-3)46-12-4)56-41(55-33)42-57-35(27-19-23-31(53-27)39(47-13-5)48-14-6)36(58-42)28-20-24-32(54-28)40(49-15-7)50-16-8/h17-24,37-40H,9-16H2,1-8H3. The topological polar surface area (TPSA) is 73.8 Å². The third-order valence-corrected chi connectivity index (χ3v) is 19.1. The maximum Gasteiger partial charge on any atom is 0.193 e. The normalized spacial score (nSPS) is 15.1. The fourth-order valence-electron chi connectivity index (χ4n) is 5.88. The number of hydrogen-bond acceptors (Lipinski definition) is 16. The van der Waals surface area contributed by atoms with Crippen molar-refractivity contribution in [1.82, 2.24) is 0 Å². The first-order chi connectivity index (χ1) is 28.4. The van der Waals surface area contributed by atoms with Gasteiger partial charge in [-0.15, -0.1) is 45.3 Å². The van der Waals surface area contributed by atoms with Crippen molar-refractivity contribution in [2.75, 3.05) is 52.9 Å². The molecule has 0 radical (unpaired) electrons. The molecular weight excluding hydrogens is 889 g/mol. The Morgan fingerprint density at radius 3 is 0.672 bits per heavy atom. The Morgan fingerprint density at radius 2 is 0.500 bits per heavy atom. The van der Waals surface area contributed by atoms with E-state index >= 15 is 0 Å². The maximum absolute atomic E-state index is 6.01. The van der Waals surface area contributed by atoms with Gasteiger partial charge in [-0.1, -0.05) is 47.0 Å². The first-order valence-electron chi connectivity index (χ1n) is 19.7. The molecule has 0 amide bonds. The van der Waals surface area contributed by atoms with E-state index in [0.717, 1.165) is 19.5 Å². The van der Waals surface area contributed by atoms with E-state index in [1.807, 2.05) is 102 Å². The van der Waals surface area contributed by atoms with Crippen LogP contribution in [0.1, 0.15) is 120 Å². The molecule has 0 saturated heterocycles. The van der Waals surface area contributed by atoms with Crippen molar-refractivity contribution in [3.05, 3.63) is 96.0 Å². The summed E-state index contributed by atoms with van der Waals surface area (Å²) in [6, 6.07) is 17.4. The highest BCUT2D eigenvalue weighted by Crippen LogP contribution is 2.68. The molecular formula is C42H52O8S8. The van der Waals surface area contributed by atoms with Gasteiger partial charge in [0.15, 0.2) is 25.2 Å². The van der Waals surface area contributed by atoms with Crippen molar-refractivity contribution in [2.45, 2.75) is 80.6 Å². The van der Waals surface area contributed by atoms with Crippen LogP contribution >= 0.6 is 92.4 Å². The zero-order valence-electron chi connectivity index (χ0n) is 34.1. The molecule has 6 rings (SSSR count). The Bertz CT molecular complexity index is 1710. The second-order valence-corrected chi connectivity index (χ2v) is 21.1. The van der Waals surface area contributed by atoms with Gasteiger partial charge in [-0.2, -0.15) is 0 Å². The van der Waals surface area contributed by atoms with E-state index in [2.05, 4.69) is 48.5 Å². The van der Waals surface area contributed by atoms with Gasteiger partial charge in [-0.3, -0.25) is 0 Å². The first-order valence-corrected chi connectivity index (χ1v) is 26.2. The number of rotatable bonds is 24. The first kappa shape index (κ1) is 46.6. The molecule has 0 aromatic carbocycles. The van der Waals surface area contributed by atoms with Crippen LogP contribution in [0.4, 0.5) is 0 Å². The van der Waals surface area contributed by atoms with Crippen molar-refractivity contribution in [3.63, 3.8) is 0 Å². The smallest absolute Gasteiger partial charge is 0.193 e. The second kappa shape index (κ2) is 23.5. The highest BCUT2D eigenvalue weighted by atomic mass is 32.2. The quantitative estimate of drug-likeness (QED) is 0.0628. The van der Waals surface area contributed by atoms with Crippen molar-refractivity contribution in [3.8, 4) is 0 Å². The summed E-state index contributed by atoms with van der Waals surface area (Å²) in [5.41, 5.74) is 0. The van der Waals surface area contributed by atoms with E-state index in [4.69, 9.17) is 37.9 Å². The minimum Gasteiger partial charge on any atom is -0.348 e. The predicted octanol–water partition coefficient (Wildman–Crippen LogP) is 14.7. The highest BCUT2D eigenvalue weighted by Gasteiger charge is 2.35. The van der Waals surface area contributed by atoms with Gasteiger partial charge in [0.1, 0.15) is 0 Å². The molecule has 8 nitrogen and oxygen atoms in total. The molecule has 0 fully saturated rings. The maximum atomic E-state index is 6.01. The Hall–Kier alpha value is -0.900. The number of ether oxygens (including phenoxy) is 8. The Kier molecular flexibility index (Phi) is 18.9. The molecule has 4 aromatic rings. The zero-order chi connectivity index (χ0) is 41.0. The zero-order valence-corrected chi connectivity index (χ0v) is 40.6. The molecule has 0 saturated carbocycles. The molecule has 2 aliphatic heterocycles. The van der Waals surface area contributed by atoms with Crippen molar-refractivity contribution >= 4 is 112 Å². The summed E-state index contributed by atoms with van der Waals surface area (Å²) < 4.78 is 50.6. The number of thiophene rings is 4. The van der Waals surface area contributed by atoms with Crippen LogP contribution in [-0.4, -0.2) is 52.9 Å². The summed E-state index contributed by atoms with van der Waals surface area (Å²) in [7, 11) is 0. The lowest BCUT2D eigenvalue weighted by atomic mass is 10.3. The fraction of sp³-hybridized carbons (Fsp3) is 0.476. The average molecular weight is 941 g/mol. The third kappa shape index (κ3) is 11.4. The lowest BCUT2D eigenvalue weighted by Gasteiger charge is -2.15. The lowest BCUT2D eigenvalue weighted by Crippen LogP contribution is -2.06. The summed E-state index contributed by atoms with van der Waals surface area (Å²) in [6.07, 6.45) is -1.56. The Balaban J connectivity index is 1.40. The summed E-state index contributed by atoms with van der Waals surface area (Å²) in [5.74, 6) is 0. The van der Waals surface area contributed by atoms with Crippen LogP contribution in [0.15, 0.2) is 57.0 Å². The molecule has 2 aliphatic rings. The minimum atomic E-state index is -0.391. The van der Waals surface area contributed by atoms with Crippen LogP contribution in [0.2, 0.25) is 0 Å². The molecule has 0 spiro atoms. The Morgan fingerprint density at radius 1 is 0.310 bits per heavy atom. The lowest BCUT2D eigenvalue weighted by molar-refractivity contribution is -0.138. The number of thioether (sulfide) groups is 4. The van der Waals surface area contributed by atoms with E-state index in [1.165, 1.54) is 47.6 Å². The van der Waals surface area contributed by atoms with Gasteiger partial charge in [0.2, 0.25) is 0 Å². The molecule has 0 bridgehead atoms. The van der Waals surface area contributed by atoms with Crippen LogP contribution in [-0.2, 0) is 37.9 Å². The van der Waals surface area contributed by atoms with E-state index in [1.54, 1.807) is 45.3 Å². The molecule has 316 valence electrons. The van der Waals surface area contributed by atoms with Crippen molar-refractivity contribution < 1.29 is 37.9 Å². The molecule has 16 heteroatoms. The van der Waals surface area contributed by atoms with Crippen LogP contribution in [0.5, 0.6) is 0 Å². The van der Waals surface area contributed by atoms with Crippen LogP contribution in [0, 0.1) is 0 Å². The molecule has 58 heavy (non-hydrogen) atoms. The van der Waals surface area contributed by atoms with Gasteiger partial charge in [-0.25, -0.2) is 0 Å². The van der Waals surface area contributed by atoms with E-state index in [9.17, 15) is 0 Å². The van der Waals surface area contributed by atoms with Gasteiger partial charge in [0.25, 0.3) is 0 Å². The molecule has 6 heterocycles. The molecule has 4 aromatic heterocycles. The summed E-state index contributed by atoms with van der Waals surface area (Å²) in [5, 5.41) is 0. The Labute approximate surface area is 376 Å². The summed E-state index contributed by atoms with van der Waals surface area (Å²) in [4.78, 5) is 13.9. The average Bonchev–Trinajstić information content (AvgIpc) is 4.07. The summed E-state index contributed by atoms with van der Waals surface area (Å²) in [6.45, 7) is 20.6. The molecule has 0 unspecified atom stereocenters. The minimum absolute atomic E-state index is 0.391. The van der Waals surface area contributed by atoms with Gasteiger partial charge in [-0.05, 0) is 104 Å². The largest absolute Gasteiger partial charge is 0.348 e. The predicted molar refractivity (Wildman–Crippen MR) is 252 cm³/mol. The van der Waals surface area contributed by atoms with E-state index < -0.39 is 25.2 Å². The van der Waals surface area contributed by atoms with E-state index in [0.29, 0.717) is 52.9 Å². The van der Waals surface area contributed by atoms with Gasteiger partial charge >= 0.3 is 0 Å². The van der Waals surface area contributed by atoms with E-state index in [-0.39, 0.29) is 0 Å². The fourth-order valence-corrected chi connectivity index (χ4v) is 16.3. The van der Waals surface area contributed by atoms with Gasteiger partial charge in [0.05, 0.1) is 28.0 Å². The van der Waals surface area contributed by atoms with Crippen LogP contribution in [0.25, 0.3) is 19.6 Å². The van der Waals surface area contributed by atoms with Crippen LogP contribution in [0.3, 0.4) is 0 Å². The van der Waals surface area contributed by atoms with Gasteiger partial charge < -0.3 is 37.9 Å². The van der Waals surface area contributed by atoms with Crippen LogP contribution < -0.4 is 0 Å². The van der Waals surface area contributed by atoms with Gasteiger partial charge in [0, 0.05) is 92.0 Å². The monoisotopic (exact) mass is 940 g/mol. The highest BCUT2D eigenvalue weighted by molar-refractivity contribution is 8.40. The molecule has 0 aliphatic carbocycles. The molecule has 0 atom stereocenters.